The molecular formula is C11H22ClNO. The Labute approximate surface area is 93.2 Å². The van der Waals surface area contributed by atoms with E-state index in [0.717, 1.165) is 31.2 Å². The molecule has 0 spiro atoms. The quantitative estimate of drug-likeness (QED) is 0.784. The number of nitrogens with one attached hydrogen (secondary N) is 1. The van der Waals surface area contributed by atoms with Crippen LogP contribution in [0.15, 0.2) is 0 Å². The molecule has 0 aromatic carbocycles. The van der Waals surface area contributed by atoms with Crippen molar-refractivity contribution in [3.8, 4) is 0 Å². The minimum atomic E-state index is 0. The molecular weight excluding hydrogens is 198 g/mol. The van der Waals surface area contributed by atoms with Crippen molar-refractivity contribution in [3.05, 3.63) is 0 Å². The smallest absolute Gasteiger partial charge is 0.0480 e. The second-order valence-corrected chi connectivity index (χ2v) is 4.44. The van der Waals surface area contributed by atoms with Crippen molar-refractivity contribution >= 4 is 12.4 Å². The van der Waals surface area contributed by atoms with Gasteiger partial charge in [0.2, 0.25) is 0 Å². The van der Waals surface area contributed by atoms with Crippen molar-refractivity contribution in [2.24, 2.45) is 5.92 Å². The third-order valence-electron chi connectivity index (χ3n) is 3.25. The van der Waals surface area contributed by atoms with Crippen LogP contribution in [0, 0.1) is 5.92 Å². The first-order valence-electron chi connectivity index (χ1n) is 5.74. The van der Waals surface area contributed by atoms with Gasteiger partial charge in [-0.25, -0.2) is 0 Å². The molecule has 2 aliphatic rings. The molecule has 1 saturated carbocycles. The average molecular weight is 220 g/mol. The zero-order valence-corrected chi connectivity index (χ0v) is 9.81. The highest BCUT2D eigenvalue weighted by atomic mass is 35.5. The van der Waals surface area contributed by atoms with Gasteiger partial charge in [0.25, 0.3) is 0 Å². The van der Waals surface area contributed by atoms with Gasteiger partial charge in [0.15, 0.2) is 0 Å². The van der Waals surface area contributed by atoms with E-state index < -0.39 is 0 Å². The van der Waals surface area contributed by atoms with Crippen molar-refractivity contribution in [1.82, 2.24) is 5.32 Å². The molecule has 1 heterocycles. The fourth-order valence-corrected chi connectivity index (χ4v) is 2.31. The van der Waals surface area contributed by atoms with Crippen LogP contribution in [0.25, 0.3) is 0 Å². The van der Waals surface area contributed by atoms with Gasteiger partial charge in [0.1, 0.15) is 0 Å². The molecule has 1 N–H and O–H groups in total. The molecule has 0 aromatic rings. The molecule has 84 valence electrons. The summed E-state index contributed by atoms with van der Waals surface area (Å²) in [7, 11) is 0. The van der Waals surface area contributed by atoms with Gasteiger partial charge in [-0.2, -0.15) is 0 Å². The summed E-state index contributed by atoms with van der Waals surface area (Å²) < 4.78 is 5.34. The highest BCUT2D eigenvalue weighted by Gasteiger charge is 2.37. The van der Waals surface area contributed by atoms with Crippen molar-refractivity contribution in [2.45, 2.75) is 51.1 Å². The van der Waals surface area contributed by atoms with Gasteiger partial charge in [0.05, 0.1) is 0 Å². The molecule has 0 aromatic heterocycles. The Morgan fingerprint density at radius 2 is 2.00 bits per heavy atom. The summed E-state index contributed by atoms with van der Waals surface area (Å²) in [5.74, 6) is 0.993. The summed E-state index contributed by atoms with van der Waals surface area (Å²) in [5.41, 5.74) is 0. The Kier molecular flexibility index (Phi) is 5.21. The Morgan fingerprint density at radius 1 is 1.29 bits per heavy atom. The molecule has 14 heavy (non-hydrogen) atoms. The third kappa shape index (κ3) is 3.41. The van der Waals surface area contributed by atoms with Crippen LogP contribution < -0.4 is 5.32 Å². The predicted molar refractivity (Wildman–Crippen MR) is 61.0 cm³/mol. The largest absolute Gasteiger partial charge is 0.381 e. The lowest BCUT2D eigenvalue weighted by atomic mass is 10.1. The van der Waals surface area contributed by atoms with Crippen LogP contribution in [0.3, 0.4) is 0 Å². The molecule has 0 amide bonds. The van der Waals surface area contributed by atoms with Gasteiger partial charge in [-0.05, 0) is 31.6 Å². The van der Waals surface area contributed by atoms with Crippen molar-refractivity contribution < 1.29 is 4.74 Å². The second-order valence-electron chi connectivity index (χ2n) is 4.44. The molecule has 2 atom stereocenters. The maximum Gasteiger partial charge on any atom is 0.0480 e. The summed E-state index contributed by atoms with van der Waals surface area (Å²) in [4.78, 5) is 0. The van der Waals surface area contributed by atoms with Gasteiger partial charge < -0.3 is 10.1 Å². The molecule has 0 bridgehead atoms. The summed E-state index contributed by atoms with van der Waals surface area (Å²) in [6.07, 6.45) is 6.62. The van der Waals surface area contributed by atoms with E-state index in [0.29, 0.717) is 0 Å². The van der Waals surface area contributed by atoms with E-state index in [2.05, 4.69) is 12.2 Å². The van der Waals surface area contributed by atoms with E-state index in [4.69, 9.17) is 4.74 Å². The van der Waals surface area contributed by atoms with Crippen LogP contribution in [0.5, 0.6) is 0 Å². The molecule has 2 unspecified atom stereocenters. The van der Waals surface area contributed by atoms with Crippen LogP contribution in [0.1, 0.15) is 39.0 Å². The van der Waals surface area contributed by atoms with E-state index in [-0.39, 0.29) is 12.4 Å². The molecule has 0 radical (unpaired) electrons. The normalized spacial score (nSPS) is 32.4. The van der Waals surface area contributed by atoms with Crippen LogP contribution in [-0.4, -0.2) is 25.3 Å². The van der Waals surface area contributed by atoms with Crippen LogP contribution in [0.4, 0.5) is 0 Å². The first kappa shape index (κ1) is 12.3. The Bertz CT molecular complexity index is 159. The summed E-state index contributed by atoms with van der Waals surface area (Å²) in [6, 6.07) is 1.60. The Hall–Kier alpha value is 0.210. The fourth-order valence-electron chi connectivity index (χ4n) is 2.31. The van der Waals surface area contributed by atoms with Crippen LogP contribution in [-0.2, 0) is 4.74 Å². The maximum atomic E-state index is 5.34. The van der Waals surface area contributed by atoms with E-state index >= 15 is 0 Å². The summed E-state index contributed by atoms with van der Waals surface area (Å²) in [6.45, 7) is 4.20. The fraction of sp³-hybridized carbons (Fsp3) is 1.00. The number of hydrogen-bond donors (Lipinski definition) is 1. The van der Waals surface area contributed by atoms with Crippen molar-refractivity contribution in [3.63, 3.8) is 0 Å². The van der Waals surface area contributed by atoms with Gasteiger partial charge in [0, 0.05) is 25.3 Å². The van der Waals surface area contributed by atoms with Crippen LogP contribution >= 0.6 is 12.4 Å². The molecule has 1 aliphatic heterocycles. The Morgan fingerprint density at radius 3 is 2.64 bits per heavy atom. The highest BCUT2D eigenvalue weighted by Crippen LogP contribution is 2.35. The van der Waals surface area contributed by atoms with E-state index in [1.54, 1.807) is 0 Å². The lowest BCUT2D eigenvalue weighted by molar-refractivity contribution is 0.0772. The monoisotopic (exact) mass is 219 g/mol. The van der Waals surface area contributed by atoms with Gasteiger partial charge in [-0.3, -0.25) is 0 Å². The molecule has 1 aliphatic carbocycles. The van der Waals surface area contributed by atoms with E-state index in [1.165, 1.54) is 32.1 Å². The number of hydrogen-bond acceptors (Lipinski definition) is 2. The lowest BCUT2D eigenvalue weighted by Crippen LogP contribution is -2.36. The van der Waals surface area contributed by atoms with Crippen molar-refractivity contribution in [1.29, 1.82) is 0 Å². The van der Waals surface area contributed by atoms with Crippen LogP contribution in [0.2, 0.25) is 0 Å². The zero-order valence-electron chi connectivity index (χ0n) is 9.00. The first-order chi connectivity index (χ1) is 6.40. The maximum absolute atomic E-state index is 5.34. The third-order valence-corrected chi connectivity index (χ3v) is 3.25. The average Bonchev–Trinajstić information content (AvgIpc) is 2.86. The lowest BCUT2D eigenvalue weighted by Gasteiger charge is -2.23. The summed E-state index contributed by atoms with van der Waals surface area (Å²) >= 11 is 0. The minimum Gasteiger partial charge on any atom is -0.381 e. The van der Waals surface area contributed by atoms with Gasteiger partial charge in [-0.15, -0.1) is 12.4 Å². The number of rotatable bonds is 4. The second kappa shape index (κ2) is 5.94. The first-order valence-corrected chi connectivity index (χ1v) is 5.74. The minimum absolute atomic E-state index is 0. The number of ether oxygens (including phenoxy) is 1. The molecule has 1 saturated heterocycles. The van der Waals surface area contributed by atoms with Gasteiger partial charge in [-0.1, -0.05) is 13.3 Å². The van der Waals surface area contributed by atoms with Crippen molar-refractivity contribution in [2.75, 3.05) is 13.2 Å². The van der Waals surface area contributed by atoms with E-state index in [1.807, 2.05) is 0 Å². The molecule has 2 nitrogen and oxygen atoms in total. The van der Waals surface area contributed by atoms with Gasteiger partial charge >= 0.3 is 0 Å². The number of halogens is 1. The predicted octanol–water partition coefficient (Wildman–Crippen LogP) is 2.37. The molecule has 3 heteroatoms. The van der Waals surface area contributed by atoms with E-state index in [9.17, 15) is 0 Å². The topological polar surface area (TPSA) is 21.3 Å². The molecule has 2 fully saturated rings. The standard InChI is InChI=1S/C11H21NO.ClH/c1-2-3-9-8-11(9)12-10-4-6-13-7-5-10;/h9-12H,2-8H2,1H3;1H. The SMILES string of the molecule is CCCC1CC1NC1CCOCC1.Cl. The molecule has 2 rings (SSSR count). The highest BCUT2D eigenvalue weighted by molar-refractivity contribution is 5.85. The Balaban J connectivity index is 0.000000980. The zero-order chi connectivity index (χ0) is 9.10. The summed E-state index contributed by atoms with van der Waals surface area (Å²) in [5, 5.41) is 3.75.